The van der Waals surface area contributed by atoms with Gasteiger partial charge in [0.25, 0.3) is 0 Å². The number of benzene rings is 1. The molecule has 19 heavy (non-hydrogen) atoms. The first kappa shape index (κ1) is 13.8. The largest absolute Gasteiger partial charge is 0.438 e. The number of hydrogen-bond donors (Lipinski definition) is 1. The van der Waals surface area contributed by atoms with Crippen LogP contribution in [0, 0.1) is 0 Å². The van der Waals surface area contributed by atoms with Crippen LogP contribution in [0.2, 0.25) is 0 Å². The molecule has 5 heteroatoms. The van der Waals surface area contributed by atoms with E-state index in [4.69, 9.17) is 10.5 Å². The van der Waals surface area contributed by atoms with E-state index in [1.807, 2.05) is 24.3 Å². The first-order chi connectivity index (χ1) is 8.86. The Morgan fingerprint density at radius 1 is 1.16 bits per heavy atom. The van der Waals surface area contributed by atoms with E-state index in [0.717, 1.165) is 0 Å². The summed E-state index contributed by atoms with van der Waals surface area (Å²) in [5, 5.41) is 0. The number of nitrogens with zero attached hydrogens (tertiary/aromatic N) is 2. The molecular weight excluding hydrogens is 306 g/mol. The molecule has 0 fully saturated rings. The molecule has 2 N–H and O–H groups in total. The number of nitrogen functional groups attached to an aromatic ring is 1. The van der Waals surface area contributed by atoms with E-state index in [0.29, 0.717) is 16.1 Å². The van der Waals surface area contributed by atoms with Crippen molar-refractivity contribution in [3.8, 4) is 11.6 Å². The minimum absolute atomic E-state index is 0.123. The fraction of sp³-hybridized carbons (Fsp3) is 0.286. The maximum Gasteiger partial charge on any atom is 0.238 e. The van der Waals surface area contributed by atoms with Gasteiger partial charge in [-0.15, -0.1) is 0 Å². The van der Waals surface area contributed by atoms with Gasteiger partial charge in [-0.3, -0.25) is 0 Å². The number of nitrogens with two attached hydrogens (primary N) is 1. The second-order valence-electron chi connectivity index (χ2n) is 5.26. The summed E-state index contributed by atoms with van der Waals surface area (Å²) < 4.78 is 6.35. The molecule has 0 saturated heterocycles. The summed E-state index contributed by atoms with van der Waals surface area (Å²) in [5.41, 5.74) is 6.91. The molecule has 0 aliphatic carbocycles. The van der Waals surface area contributed by atoms with Crippen LogP contribution < -0.4 is 10.5 Å². The molecule has 0 aliphatic rings. The van der Waals surface area contributed by atoms with Crippen LogP contribution in [-0.4, -0.2) is 9.97 Å². The van der Waals surface area contributed by atoms with Gasteiger partial charge in [-0.1, -0.05) is 32.9 Å². The lowest BCUT2D eigenvalue weighted by Gasteiger charge is -2.19. The Morgan fingerprint density at radius 2 is 1.79 bits per heavy atom. The smallest absolute Gasteiger partial charge is 0.238 e. The Labute approximate surface area is 121 Å². The van der Waals surface area contributed by atoms with E-state index in [1.165, 1.54) is 5.56 Å². The molecule has 0 amide bonds. The molecule has 0 aliphatic heterocycles. The van der Waals surface area contributed by atoms with Crippen molar-refractivity contribution in [1.82, 2.24) is 9.97 Å². The van der Waals surface area contributed by atoms with Crippen molar-refractivity contribution in [2.45, 2.75) is 26.2 Å². The number of aromatic nitrogens is 2. The molecule has 1 heterocycles. The summed E-state index contributed by atoms with van der Waals surface area (Å²) in [6, 6.07) is 7.94. The van der Waals surface area contributed by atoms with Crippen LogP contribution >= 0.6 is 15.9 Å². The van der Waals surface area contributed by atoms with Gasteiger partial charge in [-0.25, -0.2) is 4.98 Å². The zero-order chi connectivity index (χ0) is 14.0. The lowest BCUT2D eigenvalue weighted by Crippen LogP contribution is -2.10. The van der Waals surface area contributed by atoms with Gasteiger partial charge in [0, 0.05) is 0 Å². The summed E-state index contributed by atoms with van der Waals surface area (Å²) in [6.07, 6.45) is 1.57. The summed E-state index contributed by atoms with van der Waals surface area (Å²) in [6.45, 7) is 6.51. The predicted octanol–water partition coefficient (Wildman–Crippen LogP) is 3.91. The number of anilines is 1. The van der Waals surface area contributed by atoms with Gasteiger partial charge in [0.05, 0.1) is 10.7 Å². The monoisotopic (exact) mass is 321 g/mol. The SMILES string of the molecule is CC(C)(C)c1ccc(Oc2nc(N)ncc2Br)cc1. The Hall–Kier alpha value is -1.62. The van der Waals surface area contributed by atoms with E-state index in [-0.39, 0.29) is 11.4 Å². The summed E-state index contributed by atoms with van der Waals surface area (Å²) in [7, 11) is 0. The highest BCUT2D eigenvalue weighted by Gasteiger charge is 2.13. The first-order valence-electron chi connectivity index (χ1n) is 5.92. The molecule has 2 aromatic rings. The minimum atomic E-state index is 0.123. The van der Waals surface area contributed by atoms with Gasteiger partial charge in [0.2, 0.25) is 11.8 Å². The molecule has 4 nitrogen and oxygen atoms in total. The maximum atomic E-state index is 5.68. The molecule has 2 rings (SSSR count). The van der Waals surface area contributed by atoms with Crippen LogP contribution in [0.3, 0.4) is 0 Å². The number of rotatable bonds is 2. The first-order valence-corrected chi connectivity index (χ1v) is 6.72. The molecule has 0 atom stereocenters. The standard InChI is InChI=1S/C14H16BrN3O/c1-14(2,3)9-4-6-10(7-5-9)19-12-11(15)8-17-13(16)18-12/h4-8H,1-3H3,(H2,16,17,18). The molecule has 1 aromatic carbocycles. The average molecular weight is 322 g/mol. The Bertz CT molecular complexity index is 576. The van der Waals surface area contributed by atoms with Crippen LogP contribution in [0.4, 0.5) is 5.95 Å². The normalized spacial score (nSPS) is 11.4. The van der Waals surface area contributed by atoms with Crippen molar-refractivity contribution in [2.75, 3.05) is 5.73 Å². The molecule has 0 spiro atoms. The second kappa shape index (κ2) is 5.17. The van der Waals surface area contributed by atoms with E-state index >= 15 is 0 Å². The van der Waals surface area contributed by atoms with Gasteiger partial charge < -0.3 is 10.5 Å². The van der Waals surface area contributed by atoms with Gasteiger partial charge in [0.1, 0.15) is 5.75 Å². The highest BCUT2D eigenvalue weighted by atomic mass is 79.9. The average Bonchev–Trinajstić information content (AvgIpc) is 2.33. The van der Waals surface area contributed by atoms with Crippen molar-refractivity contribution in [3.63, 3.8) is 0 Å². The van der Waals surface area contributed by atoms with E-state index in [1.54, 1.807) is 6.20 Å². The Kier molecular flexibility index (Phi) is 3.75. The molecule has 0 unspecified atom stereocenters. The third-order valence-corrected chi connectivity index (χ3v) is 3.21. The molecular formula is C14H16BrN3O. The summed E-state index contributed by atoms with van der Waals surface area (Å²) in [4.78, 5) is 7.90. The Morgan fingerprint density at radius 3 is 2.37 bits per heavy atom. The van der Waals surface area contributed by atoms with Gasteiger partial charge >= 0.3 is 0 Å². The number of hydrogen-bond acceptors (Lipinski definition) is 4. The zero-order valence-corrected chi connectivity index (χ0v) is 12.7. The number of ether oxygens (including phenoxy) is 1. The minimum Gasteiger partial charge on any atom is -0.438 e. The summed E-state index contributed by atoms with van der Waals surface area (Å²) in [5.74, 6) is 1.31. The second-order valence-corrected chi connectivity index (χ2v) is 6.11. The van der Waals surface area contributed by atoms with E-state index in [9.17, 15) is 0 Å². The molecule has 0 bridgehead atoms. The van der Waals surface area contributed by atoms with Gasteiger partial charge in [0.15, 0.2) is 0 Å². The van der Waals surface area contributed by atoms with Crippen LogP contribution in [0.25, 0.3) is 0 Å². The zero-order valence-electron chi connectivity index (χ0n) is 11.1. The van der Waals surface area contributed by atoms with Gasteiger partial charge in [-0.2, -0.15) is 4.98 Å². The fourth-order valence-electron chi connectivity index (χ4n) is 1.57. The Balaban J connectivity index is 2.22. The van der Waals surface area contributed by atoms with Crippen LogP contribution in [0.1, 0.15) is 26.3 Å². The van der Waals surface area contributed by atoms with E-state index in [2.05, 4.69) is 46.7 Å². The number of halogens is 1. The molecule has 1 aromatic heterocycles. The quantitative estimate of drug-likeness (QED) is 0.910. The third kappa shape index (κ3) is 3.44. The maximum absolute atomic E-state index is 5.68. The highest BCUT2D eigenvalue weighted by molar-refractivity contribution is 9.10. The summed E-state index contributed by atoms with van der Waals surface area (Å²) >= 11 is 3.33. The molecule has 0 saturated carbocycles. The fourth-order valence-corrected chi connectivity index (χ4v) is 1.84. The lowest BCUT2D eigenvalue weighted by atomic mass is 9.87. The van der Waals surface area contributed by atoms with Crippen molar-refractivity contribution in [2.24, 2.45) is 0 Å². The molecule has 0 radical (unpaired) electrons. The van der Waals surface area contributed by atoms with Crippen molar-refractivity contribution in [1.29, 1.82) is 0 Å². The van der Waals surface area contributed by atoms with Gasteiger partial charge in [-0.05, 0) is 39.0 Å². The lowest BCUT2D eigenvalue weighted by molar-refractivity contribution is 0.458. The third-order valence-electron chi connectivity index (χ3n) is 2.67. The van der Waals surface area contributed by atoms with Crippen LogP contribution in [0.5, 0.6) is 11.6 Å². The predicted molar refractivity (Wildman–Crippen MR) is 79.4 cm³/mol. The van der Waals surface area contributed by atoms with Crippen molar-refractivity contribution in [3.05, 3.63) is 40.5 Å². The van der Waals surface area contributed by atoms with Crippen LogP contribution in [0.15, 0.2) is 34.9 Å². The topological polar surface area (TPSA) is 61.0 Å². The van der Waals surface area contributed by atoms with Crippen LogP contribution in [-0.2, 0) is 5.41 Å². The highest BCUT2D eigenvalue weighted by Crippen LogP contribution is 2.29. The van der Waals surface area contributed by atoms with Crippen molar-refractivity contribution < 1.29 is 4.74 Å². The van der Waals surface area contributed by atoms with E-state index < -0.39 is 0 Å². The molecule has 100 valence electrons. The van der Waals surface area contributed by atoms with Crippen molar-refractivity contribution >= 4 is 21.9 Å².